The van der Waals surface area contributed by atoms with Gasteiger partial charge in [0, 0.05) is 42.6 Å². The molecule has 0 aliphatic carbocycles. The van der Waals surface area contributed by atoms with Gasteiger partial charge in [0.1, 0.15) is 11.9 Å². The van der Waals surface area contributed by atoms with Gasteiger partial charge in [0.15, 0.2) is 0 Å². The van der Waals surface area contributed by atoms with Crippen molar-refractivity contribution >= 4 is 35.0 Å². The van der Waals surface area contributed by atoms with Crippen molar-refractivity contribution in [3.05, 3.63) is 77.3 Å². The maximum Gasteiger partial charge on any atom is 0.271 e. The number of thioether (sulfide) groups is 1. The van der Waals surface area contributed by atoms with Gasteiger partial charge >= 0.3 is 0 Å². The lowest BCUT2D eigenvalue weighted by molar-refractivity contribution is -0.0442. The van der Waals surface area contributed by atoms with Crippen molar-refractivity contribution in [1.29, 1.82) is 0 Å². The molecule has 5 rings (SSSR count). The summed E-state index contributed by atoms with van der Waals surface area (Å²) in [5.41, 5.74) is 3.24. The lowest BCUT2D eigenvalue weighted by atomic mass is 10.1. The third-order valence-electron chi connectivity index (χ3n) is 5.60. The second-order valence-corrected chi connectivity index (χ2v) is 9.10. The first-order valence-corrected chi connectivity index (χ1v) is 12.4. The number of imidazole rings is 1. The molecule has 1 fully saturated rings. The minimum atomic E-state index is -0.433. The maximum absolute atomic E-state index is 12.7. The van der Waals surface area contributed by atoms with Crippen LogP contribution in [0, 0.1) is 0 Å². The van der Waals surface area contributed by atoms with Gasteiger partial charge in [-0.15, -0.1) is 11.8 Å². The summed E-state index contributed by atoms with van der Waals surface area (Å²) < 4.78 is 7.84. The van der Waals surface area contributed by atoms with E-state index in [0.717, 1.165) is 28.5 Å². The molecule has 1 amide bonds. The van der Waals surface area contributed by atoms with Gasteiger partial charge in [0.05, 0.1) is 23.0 Å². The lowest BCUT2D eigenvalue weighted by Crippen LogP contribution is -2.50. The standard InChI is InChI=1S/C24H23ClN6O2S/c1-34-21-5-2-4-18(27-21)23(32)28-20-15-30(12-13-33-20)14-19-22(16-6-8-17(25)9-7-16)29-24-26-10-3-11-31(19)24/h2-11,20H,12-15H2,1H3,(H,28,32). The summed E-state index contributed by atoms with van der Waals surface area (Å²) in [4.78, 5) is 28.5. The van der Waals surface area contributed by atoms with Crippen LogP contribution in [0.15, 0.2) is 66.0 Å². The molecule has 8 nitrogen and oxygen atoms in total. The number of nitrogens with zero attached hydrogens (tertiary/aromatic N) is 5. The van der Waals surface area contributed by atoms with E-state index in [2.05, 4.69) is 20.2 Å². The average Bonchev–Trinajstić information content (AvgIpc) is 3.23. The van der Waals surface area contributed by atoms with Crippen LogP contribution in [0.4, 0.5) is 0 Å². The molecule has 1 saturated heterocycles. The molecule has 1 aromatic carbocycles. The molecule has 10 heteroatoms. The molecule has 1 unspecified atom stereocenters. The van der Waals surface area contributed by atoms with Crippen LogP contribution >= 0.6 is 23.4 Å². The van der Waals surface area contributed by atoms with Gasteiger partial charge in [0.25, 0.3) is 5.91 Å². The number of nitrogens with one attached hydrogen (secondary N) is 1. The first-order chi connectivity index (χ1) is 16.6. The highest BCUT2D eigenvalue weighted by atomic mass is 35.5. The Balaban J connectivity index is 1.35. The number of amides is 1. The summed E-state index contributed by atoms with van der Waals surface area (Å²) in [6.45, 7) is 2.41. The van der Waals surface area contributed by atoms with E-state index in [0.29, 0.717) is 36.2 Å². The summed E-state index contributed by atoms with van der Waals surface area (Å²) in [6, 6.07) is 15.0. The van der Waals surface area contributed by atoms with Gasteiger partial charge in [-0.05, 0) is 36.6 Å². The van der Waals surface area contributed by atoms with Gasteiger partial charge in [-0.1, -0.05) is 29.8 Å². The van der Waals surface area contributed by atoms with Gasteiger partial charge < -0.3 is 10.1 Å². The Bertz CT molecular complexity index is 1310. The zero-order valence-electron chi connectivity index (χ0n) is 18.5. The van der Waals surface area contributed by atoms with Crippen LogP contribution in [0.2, 0.25) is 5.02 Å². The number of hydrogen-bond acceptors (Lipinski definition) is 7. The molecule has 1 aliphatic rings. The smallest absolute Gasteiger partial charge is 0.271 e. The number of ether oxygens (including phenoxy) is 1. The van der Waals surface area contributed by atoms with E-state index in [1.807, 2.05) is 59.3 Å². The highest BCUT2D eigenvalue weighted by Crippen LogP contribution is 2.27. The first kappa shape index (κ1) is 22.8. The third kappa shape index (κ3) is 4.92. The van der Waals surface area contributed by atoms with E-state index in [-0.39, 0.29) is 5.91 Å². The molecule has 0 spiro atoms. The number of carbonyl (C=O) groups is 1. The minimum Gasteiger partial charge on any atom is -0.356 e. The molecule has 3 aromatic heterocycles. The Hall–Kier alpha value is -2.98. The van der Waals surface area contributed by atoms with Crippen LogP contribution in [0.5, 0.6) is 0 Å². The normalized spacial score (nSPS) is 16.6. The summed E-state index contributed by atoms with van der Waals surface area (Å²) in [5, 5.41) is 4.44. The van der Waals surface area contributed by atoms with Crippen LogP contribution in [0.1, 0.15) is 16.2 Å². The van der Waals surface area contributed by atoms with E-state index >= 15 is 0 Å². The van der Waals surface area contributed by atoms with E-state index < -0.39 is 6.23 Å². The number of hydrogen-bond donors (Lipinski definition) is 1. The van der Waals surface area contributed by atoms with Crippen molar-refractivity contribution in [3.8, 4) is 11.3 Å². The number of benzene rings is 1. The average molecular weight is 495 g/mol. The van der Waals surface area contributed by atoms with Gasteiger partial charge in [-0.2, -0.15) is 0 Å². The van der Waals surface area contributed by atoms with Gasteiger partial charge in [0.2, 0.25) is 5.78 Å². The molecule has 1 atom stereocenters. The second kappa shape index (κ2) is 10.1. The Morgan fingerprint density at radius 2 is 2.06 bits per heavy atom. The van der Waals surface area contributed by atoms with Crippen molar-refractivity contribution in [1.82, 2.24) is 29.6 Å². The van der Waals surface area contributed by atoms with Gasteiger partial charge in [-0.3, -0.25) is 14.1 Å². The van der Waals surface area contributed by atoms with Crippen molar-refractivity contribution in [2.24, 2.45) is 0 Å². The Kier molecular flexibility index (Phi) is 6.77. The van der Waals surface area contributed by atoms with Gasteiger partial charge in [-0.25, -0.2) is 15.0 Å². The minimum absolute atomic E-state index is 0.247. The molecule has 4 heterocycles. The first-order valence-electron chi connectivity index (χ1n) is 10.8. The largest absolute Gasteiger partial charge is 0.356 e. The molecular formula is C24H23ClN6O2S. The summed E-state index contributed by atoms with van der Waals surface area (Å²) >= 11 is 7.59. The van der Waals surface area contributed by atoms with Crippen LogP contribution in [-0.4, -0.2) is 62.3 Å². The van der Waals surface area contributed by atoms with Crippen LogP contribution in [0.25, 0.3) is 17.0 Å². The molecular weight excluding hydrogens is 472 g/mol. The SMILES string of the molecule is CSc1cccc(C(=O)NC2CN(Cc3c(-c4ccc(Cl)cc4)nc4ncccn34)CCO2)n1. The van der Waals surface area contributed by atoms with E-state index in [1.54, 1.807) is 12.3 Å². The zero-order valence-corrected chi connectivity index (χ0v) is 20.1. The van der Waals surface area contributed by atoms with Crippen molar-refractivity contribution in [2.75, 3.05) is 26.0 Å². The molecule has 174 valence electrons. The molecule has 0 saturated carbocycles. The lowest BCUT2D eigenvalue weighted by Gasteiger charge is -2.33. The predicted octanol–water partition coefficient (Wildman–Crippen LogP) is 3.75. The van der Waals surface area contributed by atoms with Crippen molar-refractivity contribution in [3.63, 3.8) is 0 Å². The molecule has 4 aromatic rings. The number of carbonyl (C=O) groups excluding carboxylic acids is 1. The van der Waals surface area contributed by atoms with E-state index in [4.69, 9.17) is 21.3 Å². The molecule has 1 N–H and O–H groups in total. The summed E-state index contributed by atoms with van der Waals surface area (Å²) in [7, 11) is 0. The molecule has 0 radical (unpaired) electrons. The van der Waals surface area contributed by atoms with Crippen LogP contribution in [0.3, 0.4) is 0 Å². The molecule has 1 aliphatic heterocycles. The quantitative estimate of drug-likeness (QED) is 0.408. The predicted molar refractivity (Wildman–Crippen MR) is 132 cm³/mol. The summed E-state index contributed by atoms with van der Waals surface area (Å²) in [6.07, 6.45) is 5.20. The number of halogens is 1. The number of pyridine rings is 1. The van der Waals surface area contributed by atoms with Crippen molar-refractivity contribution in [2.45, 2.75) is 17.8 Å². The molecule has 34 heavy (non-hydrogen) atoms. The number of morpholine rings is 1. The fourth-order valence-electron chi connectivity index (χ4n) is 3.95. The Morgan fingerprint density at radius 1 is 1.21 bits per heavy atom. The van der Waals surface area contributed by atoms with Crippen molar-refractivity contribution < 1.29 is 9.53 Å². The monoisotopic (exact) mass is 494 g/mol. The van der Waals surface area contributed by atoms with Crippen LogP contribution in [-0.2, 0) is 11.3 Å². The number of rotatable bonds is 6. The van der Waals surface area contributed by atoms with E-state index in [1.165, 1.54) is 11.8 Å². The Labute approximate surface area is 206 Å². The molecule has 0 bridgehead atoms. The number of aromatic nitrogens is 4. The maximum atomic E-state index is 12.7. The highest BCUT2D eigenvalue weighted by Gasteiger charge is 2.25. The highest BCUT2D eigenvalue weighted by molar-refractivity contribution is 7.98. The topological polar surface area (TPSA) is 84.7 Å². The number of fused-ring (bicyclic) bond motifs is 1. The van der Waals surface area contributed by atoms with Crippen LogP contribution < -0.4 is 5.32 Å². The fraction of sp³-hybridized carbons (Fsp3) is 0.250. The van der Waals surface area contributed by atoms with E-state index in [9.17, 15) is 4.79 Å². The zero-order chi connectivity index (χ0) is 23.5. The Morgan fingerprint density at radius 3 is 2.88 bits per heavy atom. The summed E-state index contributed by atoms with van der Waals surface area (Å²) in [5.74, 6) is 0.393. The second-order valence-electron chi connectivity index (χ2n) is 7.84. The third-order valence-corrected chi connectivity index (χ3v) is 6.50. The fourth-order valence-corrected chi connectivity index (χ4v) is 4.48.